The van der Waals surface area contributed by atoms with Gasteiger partial charge in [-0.3, -0.25) is 9.59 Å². The maximum absolute atomic E-state index is 12.7. The van der Waals surface area contributed by atoms with E-state index in [0.29, 0.717) is 40.8 Å². The summed E-state index contributed by atoms with van der Waals surface area (Å²) in [4.78, 5) is 28.9. The van der Waals surface area contributed by atoms with Crippen LogP contribution in [0.5, 0.6) is 0 Å². The lowest BCUT2D eigenvalue weighted by atomic mass is 10.1. The zero-order chi connectivity index (χ0) is 18.0. The first-order valence-electron chi connectivity index (χ1n) is 8.08. The normalized spacial score (nSPS) is 17.5. The molecule has 1 saturated heterocycles. The molecular weight excluding hydrogens is 359 g/mol. The van der Waals surface area contributed by atoms with Crippen molar-refractivity contribution in [3.63, 3.8) is 0 Å². The van der Waals surface area contributed by atoms with Gasteiger partial charge in [-0.1, -0.05) is 47.5 Å². The molecule has 1 atom stereocenters. The predicted octanol–water partition coefficient (Wildman–Crippen LogP) is 3.98. The number of hydrogen-bond acceptors (Lipinski definition) is 2. The third kappa shape index (κ3) is 3.65. The van der Waals surface area contributed by atoms with Crippen LogP contribution in [-0.2, 0) is 0 Å². The number of rotatable bonds is 2. The van der Waals surface area contributed by atoms with Crippen LogP contribution in [-0.4, -0.2) is 47.3 Å². The van der Waals surface area contributed by atoms with Crippen LogP contribution in [0.15, 0.2) is 48.5 Å². The van der Waals surface area contributed by atoms with Crippen LogP contribution in [0.4, 0.5) is 0 Å². The van der Waals surface area contributed by atoms with Gasteiger partial charge in [0.1, 0.15) is 0 Å². The van der Waals surface area contributed by atoms with Crippen molar-refractivity contribution in [2.75, 3.05) is 19.6 Å². The molecule has 2 amide bonds. The summed E-state index contributed by atoms with van der Waals surface area (Å²) in [7, 11) is 0. The summed E-state index contributed by atoms with van der Waals surface area (Å²) in [5.74, 6) is -0.217. The molecule has 3 rings (SSSR count). The molecule has 0 bridgehead atoms. The predicted molar refractivity (Wildman–Crippen MR) is 99.3 cm³/mol. The monoisotopic (exact) mass is 376 g/mol. The summed E-state index contributed by atoms with van der Waals surface area (Å²) in [6.07, 6.45) is 0. The largest absolute Gasteiger partial charge is 0.335 e. The van der Waals surface area contributed by atoms with Gasteiger partial charge in [-0.25, -0.2) is 0 Å². The molecule has 1 unspecified atom stereocenters. The molecule has 0 aromatic heterocycles. The standard InChI is InChI=1S/C19H18Cl2N2O2/c1-13-12-22(18(24)14-6-2-4-8-16(14)20)10-11-23(13)19(25)15-7-3-5-9-17(15)21/h2-9,13H,10-12H2,1H3. The van der Waals surface area contributed by atoms with Crippen molar-refractivity contribution in [1.29, 1.82) is 0 Å². The molecule has 0 saturated carbocycles. The molecule has 0 spiro atoms. The van der Waals surface area contributed by atoms with Gasteiger partial charge >= 0.3 is 0 Å². The Labute approximate surface area is 156 Å². The van der Waals surface area contributed by atoms with Crippen molar-refractivity contribution in [2.45, 2.75) is 13.0 Å². The lowest BCUT2D eigenvalue weighted by Crippen LogP contribution is -2.55. The number of hydrogen-bond donors (Lipinski definition) is 0. The van der Waals surface area contributed by atoms with Gasteiger partial charge in [-0.15, -0.1) is 0 Å². The second-order valence-corrected chi connectivity index (χ2v) is 6.87. The number of halogens is 2. The molecular formula is C19H18Cl2N2O2. The van der Waals surface area contributed by atoms with Gasteiger partial charge in [-0.2, -0.15) is 0 Å². The van der Waals surface area contributed by atoms with E-state index in [2.05, 4.69) is 0 Å². The highest BCUT2D eigenvalue weighted by atomic mass is 35.5. The highest BCUT2D eigenvalue weighted by Crippen LogP contribution is 2.22. The van der Waals surface area contributed by atoms with Crippen LogP contribution in [0.25, 0.3) is 0 Å². The lowest BCUT2D eigenvalue weighted by Gasteiger charge is -2.40. The van der Waals surface area contributed by atoms with E-state index in [1.807, 2.05) is 6.92 Å². The van der Waals surface area contributed by atoms with Crippen LogP contribution in [0.3, 0.4) is 0 Å². The van der Waals surface area contributed by atoms with Crippen LogP contribution in [0.1, 0.15) is 27.6 Å². The van der Waals surface area contributed by atoms with Crippen LogP contribution in [0, 0.1) is 0 Å². The lowest BCUT2D eigenvalue weighted by molar-refractivity contribution is 0.0414. The van der Waals surface area contributed by atoms with Gasteiger partial charge in [0.15, 0.2) is 0 Å². The van der Waals surface area contributed by atoms with E-state index >= 15 is 0 Å². The zero-order valence-corrected chi connectivity index (χ0v) is 15.3. The van der Waals surface area contributed by atoms with Gasteiger partial charge in [0.2, 0.25) is 0 Å². The molecule has 25 heavy (non-hydrogen) atoms. The number of carbonyl (C=O) groups excluding carboxylic acids is 2. The summed E-state index contributed by atoms with van der Waals surface area (Å²) in [5.41, 5.74) is 0.976. The zero-order valence-electron chi connectivity index (χ0n) is 13.8. The number of benzene rings is 2. The van der Waals surface area contributed by atoms with Crippen molar-refractivity contribution in [2.24, 2.45) is 0 Å². The van der Waals surface area contributed by atoms with Crippen LogP contribution in [0.2, 0.25) is 10.0 Å². The molecule has 2 aromatic rings. The van der Waals surface area contributed by atoms with E-state index in [1.54, 1.807) is 58.3 Å². The Morgan fingerprint density at radius 1 is 0.880 bits per heavy atom. The van der Waals surface area contributed by atoms with Crippen molar-refractivity contribution in [3.05, 3.63) is 69.7 Å². The van der Waals surface area contributed by atoms with Gasteiger partial charge in [0, 0.05) is 25.7 Å². The average molecular weight is 377 g/mol. The molecule has 1 fully saturated rings. The van der Waals surface area contributed by atoms with Gasteiger partial charge in [-0.05, 0) is 31.2 Å². The summed E-state index contributed by atoms with van der Waals surface area (Å²) < 4.78 is 0. The third-order valence-corrected chi connectivity index (χ3v) is 5.04. The molecule has 0 aliphatic carbocycles. The van der Waals surface area contributed by atoms with Crippen molar-refractivity contribution < 1.29 is 9.59 Å². The van der Waals surface area contributed by atoms with E-state index < -0.39 is 0 Å². The second-order valence-electron chi connectivity index (χ2n) is 6.06. The Kier molecular flexibility index (Phi) is 5.30. The van der Waals surface area contributed by atoms with Crippen molar-refractivity contribution in [3.8, 4) is 0 Å². The Morgan fingerprint density at radius 3 is 1.92 bits per heavy atom. The van der Waals surface area contributed by atoms with Crippen LogP contribution < -0.4 is 0 Å². The number of amides is 2. The molecule has 1 aliphatic rings. The summed E-state index contributed by atoms with van der Waals surface area (Å²) in [6.45, 7) is 3.31. The summed E-state index contributed by atoms with van der Waals surface area (Å²) in [5, 5.41) is 0.879. The molecule has 0 radical (unpaired) electrons. The Morgan fingerprint density at radius 2 is 1.40 bits per heavy atom. The van der Waals surface area contributed by atoms with Crippen LogP contribution >= 0.6 is 23.2 Å². The Hall–Kier alpha value is -2.04. The smallest absolute Gasteiger partial charge is 0.255 e. The molecule has 0 N–H and O–H groups in total. The minimum Gasteiger partial charge on any atom is -0.335 e. The van der Waals surface area contributed by atoms with E-state index in [1.165, 1.54) is 0 Å². The third-order valence-electron chi connectivity index (χ3n) is 4.38. The van der Waals surface area contributed by atoms with E-state index in [4.69, 9.17) is 23.2 Å². The first kappa shape index (κ1) is 17.8. The Balaban J connectivity index is 1.73. The fraction of sp³-hybridized carbons (Fsp3) is 0.263. The fourth-order valence-corrected chi connectivity index (χ4v) is 3.47. The summed E-state index contributed by atoms with van der Waals surface area (Å²) in [6, 6.07) is 13.9. The highest BCUT2D eigenvalue weighted by Gasteiger charge is 2.31. The first-order chi connectivity index (χ1) is 12.0. The topological polar surface area (TPSA) is 40.6 Å². The van der Waals surface area contributed by atoms with Crippen molar-refractivity contribution in [1.82, 2.24) is 9.80 Å². The molecule has 130 valence electrons. The highest BCUT2D eigenvalue weighted by molar-refractivity contribution is 6.34. The minimum absolute atomic E-state index is 0.107. The Bertz CT molecular complexity index is 810. The molecule has 1 heterocycles. The second kappa shape index (κ2) is 7.46. The van der Waals surface area contributed by atoms with Gasteiger partial charge < -0.3 is 9.80 Å². The van der Waals surface area contributed by atoms with Gasteiger partial charge in [0.05, 0.1) is 21.2 Å². The van der Waals surface area contributed by atoms with E-state index in [9.17, 15) is 9.59 Å². The quantitative estimate of drug-likeness (QED) is 0.795. The molecule has 1 aliphatic heterocycles. The maximum atomic E-state index is 12.7. The maximum Gasteiger partial charge on any atom is 0.255 e. The number of carbonyl (C=O) groups is 2. The van der Waals surface area contributed by atoms with E-state index in [0.717, 1.165) is 0 Å². The summed E-state index contributed by atoms with van der Waals surface area (Å²) >= 11 is 12.3. The van der Waals surface area contributed by atoms with Gasteiger partial charge in [0.25, 0.3) is 11.8 Å². The molecule has 2 aromatic carbocycles. The molecule has 4 nitrogen and oxygen atoms in total. The molecule has 6 heteroatoms. The number of piperazine rings is 1. The van der Waals surface area contributed by atoms with Crippen molar-refractivity contribution >= 4 is 35.0 Å². The number of nitrogens with zero attached hydrogens (tertiary/aromatic N) is 2. The average Bonchev–Trinajstić information content (AvgIpc) is 2.61. The minimum atomic E-state index is -0.109. The van der Waals surface area contributed by atoms with E-state index in [-0.39, 0.29) is 17.9 Å². The SMILES string of the molecule is CC1CN(C(=O)c2ccccc2Cl)CCN1C(=O)c1ccccc1Cl. The first-order valence-corrected chi connectivity index (χ1v) is 8.84. The fourth-order valence-electron chi connectivity index (χ4n) is 3.04.